The van der Waals surface area contributed by atoms with Gasteiger partial charge in [0.2, 0.25) is 76.8 Å². The summed E-state index contributed by atoms with van der Waals surface area (Å²) < 4.78 is 11.1. The standard InChI is InChI=1S/C69H123N13O16/c1-24-42(14)56-64(91)77-54(40(10)11)63(90)72-45(17)60(87)70-30-27-50(83)74-48(34-38(6)7)66(93)82(22)59(44(16)26-3)69(96)98-46(18)57(78-61(88)49(35-39(8)9)80(20)67(94)55(41(12)13)76-53(86)36-97-23)62(89)71-31-28-51(84)73-47(33-37(4)5)65(92)81(21)58(43(15)25-2)68(95)79(19)32-29-52(85)75-56/h37-49,54-59H,24-36H2,1-23H3,(H,70,87)(H,71,89)(H,72,90)(H,73,84)(H,74,83)(H,75,85)(H,76,86)(H,77,91)(H,78,88)/t42-,43-,44-,45-,46?,47-,48?,49?,54+,55-,56-,57-,58+,59+/m1/s1. The Labute approximate surface area is 582 Å². The molecule has 0 saturated carbocycles. The molecule has 14 atom stereocenters. The fourth-order valence-corrected chi connectivity index (χ4v) is 11.3. The number of cyclic esters (lactones) is 1. The molecule has 1 aliphatic heterocycles. The molecule has 0 aliphatic carbocycles. The number of hydrogen-bond donors (Lipinski definition) is 9. The summed E-state index contributed by atoms with van der Waals surface area (Å²) in [5.41, 5.74) is 0. The number of rotatable bonds is 21. The van der Waals surface area contributed by atoms with Gasteiger partial charge in [-0.1, -0.05) is 130 Å². The van der Waals surface area contributed by atoms with Gasteiger partial charge in [-0.15, -0.1) is 0 Å². The Kier molecular flexibility index (Phi) is 39.0. The minimum atomic E-state index is -1.73. The molecule has 13 amide bonds. The van der Waals surface area contributed by atoms with E-state index in [4.69, 9.17) is 9.47 Å². The summed E-state index contributed by atoms with van der Waals surface area (Å²) in [7, 11) is 7.03. The molecule has 9 N–H and O–H groups in total. The van der Waals surface area contributed by atoms with E-state index in [1.807, 2.05) is 55.4 Å². The number of likely N-dealkylation sites (N-methyl/N-ethyl adjacent to an activating group) is 4. The van der Waals surface area contributed by atoms with Crippen LogP contribution in [0.2, 0.25) is 0 Å². The van der Waals surface area contributed by atoms with Gasteiger partial charge >= 0.3 is 5.97 Å². The quantitative estimate of drug-likeness (QED) is 0.0742. The second-order valence-electron chi connectivity index (χ2n) is 28.5. The fourth-order valence-electron chi connectivity index (χ4n) is 11.3. The van der Waals surface area contributed by atoms with Gasteiger partial charge in [0.05, 0.1) is 0 Å². The highest BCUT2D eigenvalue weighted by Crippen LogP contribution is 2.23. The molecule has 1 aliphatic rings. The first-order chi connectivity index (χ1) is 45.6. The molecule has 0 aromatic heterocycles. The minimum absolute atomic E-state index is 0.0609. The number of methoxy groups -OCH3 is 1. The normalized spacial score (nSPS) is 24.8. The van der Waals surface area contributed by atoms with Gasteiger partial charge in [-0.2, -0.15) is 0 Å². The summed E-state index contributed by atoms with van der Waals surface area (Å²) in [6.45, 7) is 30.2. The van der Waals surface area contributed by atoms with Crippen LogP contribution >= 0.6 is 0 Å². The molecule has 0 aromatic rings. The smallest absolute Gasteiger partial charge is 0.329 e. The van der Waals surface area contributed by atoms with Crippen molar-refractivity contribution in [2.24, 2.45) is 47.3 Å². The van der Waals surface area contributed by atoms with Gasteiger partial charge in [0.15, 0.2) is 0 Å². The Morgan fingerprint density at radius 2 is 1.05 bits per heavy atom. The average Bonchev–Trinajstić information content (AvgIpc) is 0.835. The third-order valence-corrected chi connectivity index (χ3v) is 17.9. The average molecular weight is 1390 g/mol. The number of nitrogens with one attached hydrogen (secondary N) is 9. The molecule has 560 valence electrons. The van der Waals surface area contributed by atoms with Crippen molar-refractivity contribution in [3.8, 4) is 0 Å². The minimum Gasteiger partial charge on any atom is -0.458 e. The number of amides is 13. The highest BCUT2D eigenvalue weighted by atomic mass is 16.5. The van der Waals surface area contributed by atoms with Crippen molar-refractivity contribution >= 4 is 82.8 Å². The van der Waals surface area contributed by atoms with Crippen LogP contribution < -0.4 is 47.9 Å². The molecule has 0 radical (unpaired) electrons. The summed E-state index contributed by atoms with van der Waals surface area (Å²) in [5, 5.41) is 24.4. The van der Waals surface area contributed by atoms with Crippen LogP contribution in [0.15, 0.2) is 0 Å². The van der Waals surface area contributed by atoms with E-state index in [0.717, 1.165) is 4.90 Å². The van der Waals surface area contributed by atoms with Crippen molar-refractivity contribution < 1.29 is 76.6 Å². The second-order valence-corrected chi connectivity index (χ2v) is 28.5. The highest BCUT2D eigenvalue weighted by molar-refractivity contribution is 5.97. The molecule has 29 heteroatoms. The number of hydrogen-bond acceptors (Lipinski definition) is 16. The van der Waals surface area contributed by atoms with E-state index < -0.39 is 185 Å². The van der Waals surface area contributed by atoms with Crippen LogP contribution in [0, 0.1) is 47.3 Å². The number of ether oxygens (including phenoxy) is 2. The zero-order valence-corrected chi connectivity index (χ0v) is 63.0. The molecule has 0 aromatic carbocycles. The largest absolute Gasteiger partial charge is 0.458 e. The van der Waals surface area contributed by atoms with Crippen molar-refractivity contribution in [2.45, 2.75) is 249 Å². The lowest BCUT2D eigenvalue weighted by atomic mass is 9.94. The molecule has 0 bridgehead atoms. The van der Waals surface area contributed by atoms with Gasteiger partial charge in [-0.05, 0) is 80.5 Å². The molecule has 1 saturated heterocycles. The van der Waals surface area contributed by atoms with Crippen LogP contribution in [0.5, 0.6) is 0 Å². The van der Waals surface area contributed by atoms with E-state index in [1.165, 1.54) is 63.8 Å². The van der Waals surface area contributed by atoms with Crippen molar-refractivity contribution in [3.63, 3.8) is 0 Å². The Hall–Kier alpha value is -7.46. The van der Waals surface area contributed by atoms with Gasteiger partial charge < -0.3 is 76.9 Å². The number of esters is 1. The van der Waals surface area contributed by atoms with Crippen LogP contribution in [0.25, 0.3) is 0 Å². The molecular weight excluding hydrogens is 1270 g/mol. The van der Waals surface area contributed by atoms with Gasteiger partial charge in [0.25, 0.3) is 0 Å². The molecule has 1 fully saturated rings. The van der Waals surface area contributed by atoms with Gasteiger partial charge in [0, 0.05) is 74.2 Å². The van der Waals surface area contributed by atoms with Crippen LogP contribution in [0.4, 0.5) is 0 Å². The number of carbonyl (C=O) groups is 14. The summed E-state index contributed by atoms with van der Waals surface area (Å²) in [5.74, 6) is -12.6. The lowest BCUT2D eigenvalue weighted by Crippen LogP contribution is -2.61. The van der Waals surface area contributed by atoms with Crippen LogP contribution in [0.3, 0.4) is 0 Å². The van der Waals surface area contributed by atoms with Crippen LogP contribution in [0.1, 0.15) is 182 Å². The Bertz CT molecular complexity index is 2690. The third-order valence-electron chi connectivity index (χ3n) is 17.9. The topological polar surface area (TPSA) is 379 Å². The maximum absolute atomic E-state index is 14.8. The van der Waals surface area contributed by atoms with Crippen LogP contribution in [-0.4, -0.2) is 230 Å². The Morgan fingerprint density at radius 3 is 1.51 bits per heavy atom. The predicted octanol–water partition coefficient (Wildman–Crippen LogP) is 1.92. The lowest BCUT2D eigenvalue weighted by Gasteiger charge is -2.36. The monoisotopic (exact) mass is 1390 g/mol. The first-order valence-electron chi connectivity index (χ1n) is 35.0. The van der Waals surface area contributed by atoms with Gasteiger partial charge in [-0.3, -0.25) is 62.3 Å². The summed E-state index contributed by atoms with van der Waals surface area (Å²) >= 11 is 0. The first-order valence-corrected chi connectivity index (χ1v) is 35.0. The summed E-state index contributed by atoms with van der Waals surface area (Å²) in [4.78, 5) is 203. The zero-order chi connectivity index (χ0) is 75.3. The van der Waals surface area contributed by atoms with Crippen LogP contribution in [-0.2, 0) is 76.6 Å². The van der Waals surface area contributed by atoms with E-state index in [-0.39, 0.29) is 76.1 Å². The second kappa shape index (κ2) is 43.2. The molecule has 1 rings (SSSR count). The van der Waals surface area contributed by atoms with E-state index in [9.17, 15) is 67.1 Å². The number of carbonyl (C=O) groups excluding carboxylic acids is 14. The zero-order valence-electron chi connectivity index (χ0n) is 63.0. The fraction of sp³-hybridized carbons (Fsp3) is 0.797. The Balaban J connectivity index is 4.15. The van der Waals surface area contributed by atoms with Crippen molar-refractivity contribution in [3.05, 3.63) is 0 Å². The number of nitrogens with zero attached hydrogens (tertiary/aromatic N) is 4. The van der Waals surface area contributed by atoms with E-state index in [1.54, 1.807) is 55.4 Å². The summed E-state index contributed by atoms with van der Waals surface area (Å²) in [6, 6.07) is -12.3. The van der Waals surface area contributed by atoms with E-state index in [2.05, 4.69) is 47.9 Å². The highest BCUT2D eigenvalue weighted by Gasteiger charge is 2.43. The van der Waals surface area contributed by atoms with E-state index in [0.29, 0.717) is 19.3 Å². The third kappa shape index (κ3) is 28.4. The lowest BCUT2D eigenvalue weighted by molar-refractivity contribution is -0.163. The maximum Gasteiger partial charge on any atom is 0.329 e. The summed E-state index contributed by atoms with van der Waals surface area (Å²) in [6.07, 6.45) is -0.971. The van der Waals surface area contributed by atoms with Gasteiger partial charge in [0.1, 0.15) is 73.1 Å². The molecule has 1 heterocycles. The van der Waals surface area contributed by atoms with Crippen molar-refractivity contribution in [1.82, 2.24) is 67.5 Å². The maximum atomic E-state index is 14.8. The van der Waals surface area contributed by atoms with Crippen molar-refractivity contribution in [1.29, 1.82) is 0 Å². The molecular formula is C69H123N13O16. The first kappa shape index (κ1) is 88.6. The van der Waals surface area contributed by atoms with E-state index >= 15 is 0 Å². The van der Waals surface area contributed by atoms with Crippen molar-refractivity contribution in [2.75, 3.05) is 61.5 Å². The SMILES string of the molecule is CC[C@@H](C)[C@H]1C(=O)OC(C)[C@@H](NC(=O)C(CC(C)C)N(C)C(=O)[C@H](NC(=O)COC)C(C)C)C(=O)NCCC(=O)N[C@H](CC(C)C)C(=O)N(C)[C@@H]([C@H](C)CC)C(=O)N(C)CCC(=O)N[C@H]([C@H](C)CC)C(=O)N[C@@H](C(C)C)C(=O)N[C@H](C)C(=O)NCCC(=O)NC(CC(C)C)C(=O)N1C. The predicted molar refractivity (Wildman–Crippen MR) is 370 cm³/mol. The Morgan fingerprint density at radius 1 is 0.582 bits per heavy atom. The molecule has 98 heavy (non-hydrogen) atoms. The molecule has 3 unspecified atom stereocenters. The molecule has 29 nitrogen and oxygen atoms in total. The molecule has 0 spiro atoms. The van der Waals surface area contributed by atoms with Gasteiger partial charge in [-0.25, -0.2) is 4.79 Å².